The molecular weight excluding hydrogens is 553 g/mol. The number of fused-ring (bicyclic) bond motifs is 2. The fraction of sp³-hybridized carbons (Fsp3) is 0.345. The summed E-state index contributed by atoms with van der Waals surface area (Å²) in [7, 11) is 0. The van der Waals surface area contributed by atoms with Crippen LogP contribution in [-0.2, 0) is 16.0 Å². The number of carboxylic acids is 1. The highest BCUT2D eigenvalue weighted by Gasteiger charge is 2.35. The number of aliphatic carboxylic acids is 1. The van der Waals surface area contributed by atoms with Gasteiger partial charge in [0.2, 0.25) is 0 Å². The normalized spacial score (nSPS) is 14.3. The van der Waals surface area contributed by atoms with Crippen molar-refractivity contribution < 1.29 is 23.8 Å². The van der Waals surface area contributed by atoms with E-state index in [0.29, 0.717) is 51.4 Å². The number of hydrogen-bond acceptors (Lipinski definition) is 5. The lowest BCUT2D eigenvalue weighted by molar-refractivity contribution is -0.160. The average molecular weight is 582 g/mol. The molecule has 0 radical (unpaired) electrons. The van der Waals surface area contributed by atoms with E-state index in [1.54, 1.807) is 32.2 Å². The van der Waals surface area contributed by atoms with E-state index >= 15 is 4.39 Å². The second-order valence-electron chi connectivity index (χ2n) is 10.5. The van der Waals surface area contributed by atoms with Gasteiger partial charge in [-0.15, -0.1) is 0 Å². The summed E-state index contributed by atoms with van der Waals surface area (Å²) in [6.45, 7) is 9.50. The lowest BCUT2D eigenvalue weighted by Crippen LogP contribution is -2.29. The summed E-state index contributed by atoms with van der Waals surface area (Å²) in [6.07, 6.45) is 0.0674. The number of aryl methyl sites for hydroxylation is 1. The number of carbonyl (C=O) groups is 1. The van der Waals surface area contributed by atoms with Gasteiger partial charge in [0, 0.05) is 27.9 Å². The Balaban J connectivity index is 1.91. The summed E-state index contributed by atoms with van der Waals surface area (Å²) in [6, 6.07) is 11.0. The zero-order valence-electron chi connectivity index (χ0n) is 21.9. The van der Waals surface area contributed by atoms with E-state index in [1.165, 1.54) is 6.07 Å². The molecule has 7 nitrogen and oxygen atoms in total. The number of ether oxygens (including phenoxy) is 2. The third-order valence-electron chi connectivity index (χ3n) is 6.63. The first-order valence-corrected chi connectivity index (χ1v) is 13.3. The van der Waals surface area contributed by atoms with Crippen molar-refractivity contribution in [3.05, 3.63) is 69.1 Å². The number of carboxylic acid groups (broad SMARTS) is 1. The van der Waals surface area contributed by atoms with E-state index in [4.69, 9.17) is 19.6 Å². The van der Waals surface area contributed by atoms with Crippen LogP contribution in [0, 0.1) is 19.7 Å². The van der Waals surface area contributed by atoms with Crippen LogP contribution < -0.4 is 4.74 Å². The Labute approximate surface area is 228 Å². The Morgan fingerprint density at radius 1 is 1.24 bits per heavy atom. The van der Waals surface area contributed by atoms with Gasteiger partial charge in [0.1, 0.15) is 5.69 Å². The smallest absolute Gasteiger partial charge is 0.337 e. The minimum Gasteiger partial charge on any atom is -0.490 e. The standard InChI is InChI=1S/C29H29BrFN3O4/c1-15-18-12-9-13-37-25(18)20(31)14-19(15)24-21(26(28(35)36)38-29(3,4)5)16(2)32-27-22(30)23(33-34(24)27)17-10-7-6-8-11-17/h6-8,10-11,14,26H,9,12-13H2,1-5H3,(H,35,36). The van der Waals surface area contributed by atoms with Crippen LogP contribution in [0.5, 0.6) is 5.75 Å². The van der Waals surface area contributed by atoms with Crippen molar-refractivity contribution in [1.82, 2.24) is 14.6 Å². The first kappa shape index (κ1) is 26.3. The van der Waals surface area contributed by atoms with E-state index in [2.05, 4.69) is 15.9 Å². The first-order chi connectivity index (χ1) is 18.0. The molecule has 1 aliphatic rings. The van der Waals surface area contributed by atoms with Crippen LogP contribution in [0.4, 0.5) is 4.39 Å². The highest BCUT2D eigenvalue weighted by atomic mass is 79.9. The summed E-state index contributed by atoms with van der Waals surface area (Å²) < 4.78 is 29.5. The number of benzene rings is 2. The van der Waals surface area contributed by atoms with Crippen LogP contribution >= 0.6 is 15.9 Å². The van der Waals surface area contributed by atoms with E-state index in [0.717, 1.165) is 23.1 Å². The van der Waals surface area contributed by atoms with Crippen LogP contribution in [0.15, 0.2) is 40.9 Å². The molecule has 0 aliphatic carbocycles. The zero-order valence-corrected chi connectivity index (χ0v) is 23.5. The molecule has 1 atom stereocenters. The van der Waals surface area contributed by atoms with Gasteiger partial charge >= 0.3 is 5.97 Å². The van der Waals surface area contributed by atoms with Crippen LogP contribution in [-0.4, -0.2) is 37.9 Å². The Morgan fingerprint density at radius 3 is 2.61 bits per heavy atom. The van der Waals surface area contributed by atoms with Crippen molar-refractivity contribution in [2.45, 2.75) is 59.2 Å². The van der Waals surface area contributed by atoms with E-state index in [-0.39, 0.29) is 5.75 Å². The maximum atomic E-state index is 15.5. The number of nitrogens with zero attached hydrogens (tertiary/aromatic N) is 3. The van der Waals surface area contributed by atoms with Crippen LogP contribution in [0.25, 0.3) is 28.2 Å². The molecule has 198 valence electrons. The van der Waals surface area contributed by atoms with Crippen LogP contribution in [0.2, 0.25) is 0 Å². The minimum atomic E-state index is -1.36. The van der Waals surface area contributed by atoms with E-state index in [9.17, 15) is 9.90 Å². The van der Waals surface area contributed by atoms with Crippen molar-refractivity contribution in [2.24, 2.45) is 0 Å². The SMILES string of the molecule is Cc1nc2c(Br)c(-c3ccccc3)nn2c(-c2cc(F)c3c(c2C)CCCO3)c1C(OC(C)(C)C)C(=O)O. The Kier molecular flexibility index (Phi) is 6.77. The molecule has 0 saturated carbocycles. The van der Waals surface area contributed by atoms with Gasteiger partial charge < -0.3 is 14.6 Å². The molecule has 0 amide bonds. The Hall–Kier alpha value is -3.30. The third-order valence-corrected chi connectivity index (χ3v) is 7.36. The lowest BCUT2D eigenvalue weighted by Gasteiger charge is -2.28. The highest BCUT2D eigenvalue weighted by molar-refractivity contribution is 9.10. The molecule has 2 aromatic heterocycles. The molecule has 0 saturated heterocycles. The number of rotatable bonds is 5. The Morgan fingerprint density at radius 2 is 1.95 bits per heavy atom. The molecule has 0 fully saturated rings. The van der Waals surface area contributed by atoms with Crippen molar-refractivity contribution in [2.75, 3.05) is 6.61 Å². The second-order valence-corrected chi connectivity index (χ2v) is 11.3. The van der Waals surface area contributed by atoms with E-state index in [1.807, 2.05) is 37.3 Å². The van der Waals surface area contributed by atoms with E-state index < -0.39 is 23.5 Å². The van der Waals surface area contributed by atoms with Gasteiger partial charge in [-0.3, -0.25) is 0 Å². The molecule has 2 aromatic carbocycles. The third kappa shape index (κ3) is 4.58. The second kappa shape index (κ2) is 9.78. The van der Waals surface area contributed by atoms with Gasteiger partial charge in [-0.05, 0) is 75.0 Å². The molecule has 1 N–H and O–H groups in total. The largest absolute Gasteiger partial charge is 0.490 e. The van der Waals surface area contributed by atoms with Crippen molar-refractivity contribution in [3.63, 3.8) is 0 Å². The maximum absolute atomic E-state index is 15.5. The molecule has 0 bridgehead atoms. The van der Waals surface area contributed by atoms with Gasteiger partial charge in [-0.1, -0.05) is 30.3 Å². The summed E-state index contributed by atoms with van der Waals surface area (Å²) >= 11 is 3.67. The minimum absolute atomic E-state index is 0.258. The molecule has 1 unspecified atom stereocenters. The molecule has 1 aliphatic heterocycles. The van der Waals surface area contributed by atoms with Crippen LogP contribution in [0.1, 0.15) is 55.7 Å². The summed E-state index contributed by atoms with van der Waals surface area (Å²) in [5, 5.41) is 15.2. The number of halogens is 2. The average Bonchev–Trinajstić information content (AvgIpc) is 3.20. The summed E-state index contributed by atoms with van der Waals surface area (Å²) in [4.78, 5) is 17.4. The first-order valence-electron chi connectivity index (χ1n) is 12.5. The van der Waals surface area contributed by atoms with Crippen molar-refractivity contribution >= 4 is 27.5 Å². The Bertz CT molecular complexity index is 1560. The fourth-order valence-corrected chi connectivity index (χ4v) is 5.56. The van der Waals surface area contributed by atoms with Gasteiger partial charge in [-0.2, -0.15) is 5.10 Å². The predicted octanol–water partition coefficient (Wildman–Crippen LogP) is 6.85. The number of hydrogen-bond donors (Lipinski definition) is 1. The monoisotopic (exact) mass is 581 g/mol. The topological polar surface area (TPSA) is 86.0 Å². The molecular formula is C29H29BrFN3O4. The molecule has 3 heterocycles. The molecule has 38 heavy (non-hydrogen) atoms. The van der Waals surface area contributed by atoms with Gasteiger partial charge in [0.15, 0.2) is 23.3 Å². The van der Waals surface area contributed by atoms with Crippen LogP contribution in [0.3, 0.4) is 0 Å². The molecule has 5 rings (SSSR count). The fourth-order valence-electron chi connectivity index (χ4n) is 4.99. The highest BCUT2D eigenvalue weighted by Crippen LogP contribution is 2.43. The van der Waals surface area contributed by atoms with Crippen molar-refractivity contribution in [1.29, 1.82) is 0 Å². The molecule has 9 heteroatoms. The molecule has 4 aromatic rings. The molecule has 0 spiro atoms. The summed E-state index contributed by atoms with van der Waals surface area (Å²) in [5.41, 5.74) is 4.54. The van der Waals surface area contributed by atoms with Gasteiger partial charge in [-0.25, -0.2) is 18.7 Å². The summed E-state index contributed by atoms with van der Waals surface area (Å²) in [5.74, 6) is -1.40. The maximum Gasteiger partial charge on any atom is 0.337 e. The predicted molar refractivity (Wildman–Crippen MR) is 146 cm³/mol. The quantitative estimate of drug-likeness (QED) is 0.277. The zero-order chi connectivity index (χ0) is 27.4. The van der Waals surface area contributed by atoms with Crippen molar-refractivity contribution in [3.8, 4) is 28.3 Å². The van der Waals surface area contributed by atoms with Gasteiger partial charge in [0.25, 0.3) is 0 Å². The lowest BCUT2D eigenvalue weighted by atomic mass is 9.91. The van der Waals surface area contributed by atoms with Gasteiger partial charge in [0.05, 0.1) is 22.4 Å². The number of aromatic nitrogens is 3.